The summed E-state index contributed by atoms with van der Waals surface area (Å²) < 4.78 is 58.9. The molecule has 5 nitrogen and oxygen atoms in total. The van der Waals surface area contributed by atoms with Gasteiger partial charge in [-0.3, -0.25) is 0 Å². The average molecular weight is 503 g/mol. The van der Waals surface area contributed by atoms with Gasteiger partial charge in [0.1, 0.15) is 0 Å². The minimum Gasteiger partial charge on any atom is -0.375 e. The molecule has 0 heterocycles. The molecule has 33 heavy (non-hydrogen) atoms. The molecule has 4 saturated carbocycles. The molecule has 4 aliphatic rings. The van der Waals surface area contributed by atoms with E-state index < -0.39 is 19.7 Å². The van der Waals surface area contributed by atoms with E-state index in [0.29, 0.717) is 11.8 Å². The summed E-state index contributed by atoms with van der Waals surface area (Å²) in [5.41, 5.74) is 0. The molecule has 4 fully saturated rings. The number of hydrogen-bond donors (Lipinski definition) is 0. The molecular formula is C26H46O5S2. The second-order valence-electron chi connectivity index (χ2n) is 11.9. The quantitative estimate of drug-likeness (QED) is 0.472. The molecule has 4 rings (SSSR count). The first kappa shape index (κ1) is 25.9. The number of hydrogen-bond acceptors (Lipinski definition) is 5. The van der Waals surface area contributed by atoms with Gasteiger partial charge in [0.2, 0.25) is 0 Å². The van der Waals surface area contributed by atoms with Crippen LogP contribution in [0.25, 0.3) is 0 Å². The van der Waals surface area contributed by atoms with Crippen LogP contribution in [0.3, 0.4) is 0 Å². The van der Waals surface area contributed by atoms with Crippen LogP contribution in [0.5, 0.6) is 0 Å². The molecule has 0 aromatic heterocycles. The Labute approximate surface area is 202 Å². The van der Waals surface area contributed by atoms with E-state index >= 15 is 0 Å². The van der Waals surface area contributed by atoms with Crippen molar-refractivity contribution >= 4 is 19.7 Å². The number of ether oxygens (including phenoxy) is 1. The molecule has 0 N–H and O–H groups in total. The summed E-state index contributed by atoms with van der Waals surface area (Å²) in [5, 5.41) is -0.619. The van der Waals surface area contributed by atoms with Crippen LogP contribution in [-0.2, 0) is 24.4 Å². The van der Waals surface area contributed by atoms with E-state index in [4.69, 9.17) is 4.74 Å². The molecule has 0 saturated heterocycles. The van der Waals surface area contributed by atoms with Gasteiger partial charge < -0.3 is 4.74 Å². The van der Waals surface area contributed by atoms with Crippen molar-refractivity contribution in [2.45, 2.75) is 150 Å². The Hall–Kier alpha value is -0.140. The van der Waals surface area contributed by atoms with Gasteiger partial charge in [-0.25, -0.2) is 16.8 Å². The van der Waals surface area contributed by atoms with Gasteiger partial charge in [0.25, 0.3) is 0 Å². The maximum Gasteiger partial charge on any atom is 0.156 e. The minimum absolute atomic E-state index is 0.124. The van der Waals surface area contributed by atoms with Crippen LogP contribution in [0, 0.1) is 11.8 Å². The second-order valence-corrected chi connectivity index (χ2v) is 16.9. The molecule has 0 unspecified atom stereocenters. The van der Waals surface area contributed by atoms with Crippen molar-refractivity contribution in [3.63, 3.8) is 0 Å². The van der Waals surface area contributed by atoms with Gasteiger partial charge in [0.05, 0.1) is 33.2 Å². The number of sulfone groups is 2. The van der Waals surface area contributed by atoms with Gasteiger partial charge in [-0.1, -0.05) is 13.8 Å². The first-order chi connectivity index (χ1) is 15.7. The van der Waals surface area contributed by atoms with E-state index in [1.165, 1.54) is 0 Å². The van der Waals surface area contributed by atoms with E-state index in [-0.39, 0.29) is 33.2 Å². The smallest absolute Gasteiger partial charge is 0.156 e. The van der Waals surface area contributed by atoms with Gasteiger partial charge >= 0.3 is 0 Å². The summed E-state index contributed by atoms with van der Waals surface area (Å²) in [4.78, 5) is 0. The predicted molar refractivity (Wildman–Crippen MR) is 134 cm³/mol. The standard InChI is InChI=1S/C26H46O5S2/c1-19-3-11-23(12-4-19)32(27,28)25-15-7-21(8-16-25)31-22-9-17-26(18-10-22)33(29,30)24-13-5-20(2)6-14-24/h19-26H,3-18H2,1-2H3. The lowest BCUT2D eigenvalue weighted by molar-refractivity contribution is -0.0442. The zero-order chi connectivity index (χ0) is 23.6. The van der Waals surface area contributed by atoms with Crippen molar-refractivity contribution in [3.8, 4) is 0 Å². The first-order valence-corrected chi connectivity index (χ1v) is 17.0. The molecular weight excluding hydrogens is 456 g/mol. The lowest BCUT2D eigenvalue weighted by Crippen LogP contribution is -2.40. The predicted octanol–water partition coefficient (Wildman–Crippen LogP) is 5.61. The van der Waals surface area contributed by atoms with Crippen molar-refractivity contribution < 1.29 is 21.6 Å². The van der Waals surface area contributed by atoms with Crippen molar-refractivity contribution in [2.24, 2.45) is 11.8 Å². The van der Waals surface area contributed by atoms with Gasteiger partial charge in [-0.15, -0.1) is 0 Å². The van der Waals surface area contributed by atoms with Gasteiger partial charge in [-0.2, -0.15) is 0 Å². The Balaban J connectivity index is 1.20. The maximum absolute atomic E-state index is 13.1. The molecule has 7 heteroatoms. The first-order valence-electron chi connectivity index (χ1n) is 13.8. The Morgan fingerprint density at radius 2 is 0.667 bits per heavy atom. The van der Waals surface area contributed by atoms with Crippen molar-refractivity contribution in [3.05, 3.63) is 0 Å². The Morgan fingerprint density at radius 1 is 0.424 bits per heavy atom. The van der Waals surface area contributed by atoms with Crippen LogP contribution in [0.2, 0.25) is 0 Å². The fourth-order valence-corrected chi connectivity index (χ4v) is 11.7. The summed E-state index contributed by atoms with van der Waals surface area (Å²) in [6, 6.07) is 0. The summed E-state index contributed by atoms with van der Waals surface area (Å²) in [5.74, 6) is 1.33. The SMILES string of the molecule is CC1CCC(S(=O)(=O)C2CCC(OC3CCC(S(=O)(=O)C4CCC(C)CC4)CC3)CC2)CC1. The Kier molecular flexibility index (Phi) is 8.54. The van der Waals surface area contributed by atoms with Crippen LogP contribution in [0.4, 0.5) is 0 Å². The Morgan fingerprint density at radius 3 is 0.939 bits per heavy atom. The highest BCUT2D eigenvalue weighted by atomic mass is 32.2. The molecule has 0 bridgehead atoms. The highest BCUT2D eigenvalue weighted by Crippen LogP contribution is 2.38. The van der Waals surface area contributed by atoms with Gasteiger partial charge in [-0.05, 0) is 115 Å². The molecule has 0 aliphatic heterocycles. The van der Waals surface area contributed by atoms with Crippen molar-refractivity contribution in [2.75, 3.05) is 0 Å². The molecule has 0 spiro atoms. The fourth-order valence-electron chi connectivity index (χ4n) is 6.93. The van der Waals surface area contributed by atoms with Gasteiger partial charge in [0, 0.05) is 0 Å². The van der Waals surface area contributed by atoms with Crippen molar-refractivity contribution in [1.29, 1.82) is 0 Å². The third-order valence-electron chi connectivity index (χ3n) is 9.41. The largest absolute Gasteiger partial charge is 0.375 e. The van der Waals surface area contributed by atoms with E-state index in [1.807, 2.05) is 0 Å². The minimum atomic E-state index is -3.03. The summed E-state index contributed by atoms with van der Waals surface area (Å²) in [7, 11) is -6.05. The van der Waals surface area contributed by atoms with Crippen LogP contribution in [-0.4, -0.2) is 50.0 Å². The van der Waals surface area contributed by atoms with Crippen LogP contribution >= 0.6 is 0 Å². The maximum atomic E-state index is 13.1. The summed E-state index contributed by atoms with van der Waals surface area (Å²) in [6.45, 7) is 4.45. The molecule has 0 aromatic carbocycles. The number of rotatable bonds is 6. The van der Waals surface area contributed by atoms with E-state index in [0.717, 1.165) is 103 Å². The topological polar surface area (TPSA) is 77.5 Å². The zero-order valence-electron chi connectivity index (χ0n) is 20.8. The third kappa shape index (κ3) is 6.17. The van der Waals surface area contributed by atoms with Gasteiger partial charge in [0.15, 0.2) is 19.7 Å². The average Bonchev–Trinajstić information content (AvgIpc) is 2.80. The molecule has 192 valence electrons. The normalized spacial score (nSPS) is 41.5. The third-order valence-corrected chi connectivity index (χ3v) is 15.0. The molecule has 4 aliphatic carbocycles. The van der Waals surface area contributed by atoms with Crippen LogP contribution in [0.15, 0.2) is 0 Å². The summed E-state index contributed by atoms with van der Waals surface area (Å²) >= 11 is 0. The van der Waals surface area contributed by atoms with Crippen LogP contribution in [0.1, 0.15) is 117 Å². The Bertz CT molecular complexity index is 750. The highest BCUT2D eigenvalue weighted by Gasteiger charge is 2.40. The zero-order valence-corrected chi connectivity index (χ0v) is 22.4. The molecule has 0 aromatic rings. The van der Waals surface area contributed by atoms with E-state index in [9.17, 15) is 16.8 Å². The van der Waals surface area contributed by atoms with E-state index in [2.05, 4.69) is 13.8 Å². The summed E-state index contributed by atoms with van der Waals surface area (Å²) in [6.07, 6.45) is 14.0. The monoisotopic (exact) mass is 502 g/mol. The molecule has 0 amide bonds. The molecule has 0 atom stereocenters. The van der Waals surface area contributed by atoms with E-state index in [1.54, 1.807) is 0 Å². The lowest BCUT2D eigenvalue weighted by atomic mass is 9.90. The second kappa shape index (κ2) is 10.9. The lowest BCUT2D eigenvalue weighted by Gasteiger charge is -2.37. The van der Waals surface area contributed by atoms with Crippen molar-refractivity contribution in [1.82, 2.24) is 0 Å². The fraction of sp³-hybridized carbons (Fsp3) is 1.00. The highest BCUT2D eigenvalue weighted by molar-refractivity contribution is 7.92. The van der Waals surface area contributed by atoms with Crippen LogP contribution < -0.4 is 0 Å². The molecule has 0 radical (unpaired) electrons.